The lowest BCUT2D eigenvalue weighted by molar-refractivity contribution is -0.166. The molecule has 0 aromatic heterocycles. The molecule has 1 saturated carbocycles. The molecule has 0 heterocycles. The predicted molar refractivity (Wildman–Crippen MR) is 46.8 cm³/mol. The van der Waals surface area contributed by atoms with Gasteiger partial charge in [-0.25, -0.2) is 4.79 Å². The lowest BCUT2D eigenvalue weighted by Gasteiger charge is -2.22. The Balaban J connectivity index is 2.35. The van der Waals surface area contributed by atoms with E-state index >= 15 is 0 Å². The molecule has 0 saturated heterocycles. The number of halogens is 3. The third-order valence-electron chi connectivity index (χ3n) is 2.06. The van der Waals surface area contributed by atoms with Crippen molar-refractivity contribution in [3.05, 3.63) is 0 Å². The summed E-state index contributed by atoms with van der Waals surface area (Å²) in [4.78, 5) is 7.18. The maximum atomic E-state index is 12.3. The molecule has 0 aromatic carbocycles. The summed E-state index contributed by atoms with van der Waals surface area (Å²) >= 11 is 1.96. The predicted octanol–water partition coefficient (Wildman–Crippen LogP) is 2.85. The van der Waals surface area contributed by atoms with E-state index in [2.05, 4.69) is 4.74 Å². The first-order valence-corrected chi connectivity index (χ1v) is 5.07. The zero-order valence-corrected chi connectivity index (χ0v) is 8.65. The van der Waals surface area contributed by atoms with E-state index in [9.17, 15) is 13.6 Å². The molecule has 2 nitrogen and oxygen atoms in total. The highest BCUT2D eigenvalue weighted by molar-refractivity contribution is 9.10. The Kier molecular flexibility index (Phi) is 3.64. The fourth-order valence-electron chi connectivity index (χ4n) is 1.40. The van der Waals surface area contributed by atoms with Crippen LogP contribution >= 0.6 is 15.9 Å². The summed E-state index contributed by atoms with van der Waals surface area (Å²) in [6.07, 6.45) is 4.09. The highest BCUT2D eigenvalue weighted by atomic mass is 79.9. The van der Waals surface area contributed by atoms with Crippen molar-refractivity contribution in [2.75, 3.05) is 0 Å². The first-order chi connectivity index (χ1) is 6.00. The van der Waals surface area contributed by atoms with E-state index in [1.807, 2.05) is 15.9 Å². The van der Waals surface area contributed by atoms with Gasteiger partial charge in [0.15, 0.2) is 0 Å². The van der Waals surface area contributed by atoms with Crippen LogP contribution in [0.4, 0.5) is 8.78 Å². The zero-order chi connectivity index (χ0) is 9.90. The molecule has 1 fully saturated rings. The molecule has 1 aliphatic rings. The van der Waals surface area contributed by atoms with E-state index in [1.165, 1.54) is 0 Å². The van der Waals surface area contributed by atoms with Crippen molar-refractivity contribution >= 4 is 21.9 Å². The van der Waals surface area contributed by atoms with E-state index in [0.29, 0.717) is 12.8 Å². The number of rotatable bonds is 2. The largest absolute Gasteiger partial charge is 0.457 e. The van der Waals surface area contributed by atoms with Crippen molar-refractivity contribution in [3.63, 3.8) is 0 Å². The van der Waals surface area contributed by atoms with Crippen LogP contribution in [0.2, 0.25) is 0 Å². The Bertz CT molecular complexity index is 185. The normalized spacial score (nSPS) is 19.9. The summed E-state index contributed by atoms with van der Waals surface area (Å²) in [5.74, 6) is -1.47. The molecular weight excluding hydrogens is 246 g/mol. The van der Waals surface area contributed by atoms with Gasteiger partial charge in [0.2, 0.25) is 0 Å². The number of esters is 1. The van der Waals surface area contributed by atoms with E-state index < -0.39 is 10.8 Å². The highest BCUT2D eigenvalue weighted by Crippen LogP contribution is 2.27. The van der Waals surface area contributed by atoms with Gasteiger partial charge in [0, 0.05) is 15.9 Å². The average molecular weight is 257 g/mol. The lowest BCUT2D eigenvalue weighted by Crippen LogP contribution is -2.29. The van der Waals surface area contributed by atoms with Crippen LogP contribution in [0.5, 0.6) is 0 Å². The van der Waals surface area contributed by atoms with E-state index in [4.69, 9.17) is 0 Å². The van der Waals surface area contributed by atoms with Crippen LogP contribution in [0, 0.1) is 0 Å². The van der Waals surface area contributed by atoms with Gasteiger partial charge in [-0.05, 0) is 25.7 Å². The quantitative estimate of drug-likeness (QED) is 0.561. The Hall–Kier alpha value is -0.190. The molecule has 0 spiro atoms. The number of ether oxygens (including phenoxy) is 1. The summed E-state index contributed by atoms with van der Waals surface area (Å²) in [5.41, 5.74) is 0. The van der Waals surface area contributed by atoms with Gasteiger partial charge < -0.3 is 4.74 Å². The fourth-order valence-corrected chi connectivity index (χ4v) is 1.49. The van der Waals surface area contributed by atoms with Crippen LogP contribution in [0.3, 0.4) is 0 Å². The second kappa shape index (κ2) is 4.35. The number of carbonyl (C=O) groups excluding carboxylic acids is 1. The molecule has 1 rings (SSSR count). The van der Waals surface area contributed by atoms with E-state index in [1.54, 1.807) is 0 Å². The lowest BCUT2D eigenvalue weighted by atomic mass is 9.98. The van der Waals surface area contributed by atoms with Crippen LogP contribution < -0.4 is 0 Å². The minimum Gasteiger partial charge on any atom is -0.457 e. The van der Waals surface area contributed by atoms with Gasteiger partial charge in [-0.3, -0.25) is 0 Å². The molecule has 0 bridgehead atoms. The molecule has 5 heteroatoms. The minimum atomic E-state index is -3.54. The Morgan fingerprint density at radius 2 is 1.85 bits per heavy atom. The van der Waals surface area contributed by atoms with Gasteiger partial charge in [0.25, 0.3) is 0 Å². The summed E-state index contributed by atoms with van der Waals surface area (Å²) in [6.45, 7) is 0. The van der Waals surface area contributed by atoms with Crippen molar-refractivity contribution in [2.45, 2.75) is 43.0 Å². The van der Waals surface area contributed by atoms with Crippen LogP contribution in [0.15, 0.2) is 0 Å². The SMILES string of the molecule is O=C(OC1CCCCC1)C(F)(F)Br. The maximum Gasteiger partial charge on any atom is 0.396 e. The highest BCUT2D eigenvalue weighted by Gasteiger charge is 2.38. The third kappa shape index (κ3) is 3.58. The third-order valence-corrected chi connectivity index (χ3v) is 2.38. The second-order valence-electron chi connectivity index (χ2n) is 3.16. The molecule has 0 N–H and O–H groups in total. The van der Waals surface area contributed by atoms with Gasteiger partial charge in [-0.2, -0.15) is 8.78 Å². The van der Waals surface area contributed by atoms with Gasteiger partial charge in [-0.1, -0.05) is 6.42 Å². The average Bonchev–Trinajstić information content (AvgIpc) is 2.04. The standard InChI is InChI=1S/C8H11BrF2O2/c9-8(10,11)7(12)13-6-4-2-1-3-5-6/h6H,1-5H2. The van der Waals surface area contributed by atoms with Crippen molar-refractivity contribution in [1.29, 1.82) is 0 Å². The van der Waals surface area contributed by atoms with Crippen molar-refractivity contribution in [1.82, 2.24) is 0 Å². The van der Waals surface area contributed by atoms with E-state index in [0.717, 1.165) is 19.3 Å². The van der Waals surface area contributed by atoms with E-state index in [-0.39, 0.29) is 6.10 Å². The summed E-state index contributed by atoms with van der Waals surface area (Å²) in [5, 5.41) is 0. The molecule has 13 heavy (non-hydrogen) atoms. The molecule has 0 aromatic rings. The van der Waals surface area contributed by atoms with Crippen molar-refractivity contribution in [2.24, 2.45) is 0 Å². The van der Waals surface area contributed by atoms with Crippen LogP contribution in [0.25, 0.3) is 0 Å². The Morgan fingerprint density at radius 3 is 2.31 bits per heavy atom. The monoisotopic (exact) mass is 256 g/mol. The van der Waals surface area contributed by atoms with Crippen molar-refractivity contribution < 1.29 is 18.3 Å². The molecule has 0 radical (unpaired) electrons. The summed E-state index contributed by atoms with van der Waals surface area (Å²) in [6, 6.07) is 0. The molecule has 0 amide bonds. The smallest absolute Gasteiger partial charge is 0.396 e. The fraction of sp³-hybridized carbons (Fsp3) is 0.875. The zero-order valence-electron chi connectivity index (χ0n) is 7.06. The number of carbonyl (C=O) groups is 1. The number of hydrogen-bond acceptors (Lipinski definition) is 2. The van der Waals surface area contributed by atoms with Crippen LogP contribution in [-0.2, 0) is 9.53 Å². The maximum absolute atomic E-state index is 12.3. The summed E-state index contributed by atoms with van der Waals surface area (Å²) in [7, 11) is 0. The van der Waals surface area contributed by atoms with Crippen LogP contribution in [-0.4, -0.2) is 16.9 Å². The summed E-state index contributed by atoms with van der Waals surface area (Å²) < 4.78 is 29.2. The van der Waals surface area contributed by atoms with Gasteiger partial charge in [0.05, 0.1) is 0 Å². The van der Waals surface area contributed by atoms with Gasteiger partial charge >= 0.3 is 10.8 Å². The number of hydrogen-bond donors (Lipinski definition) is 0. The minimum absolute atomic E-state index is 0.315. The van der Waals surface area contributed by atoms with Gasteiger partial charge in [0.1, 0.15) is 6.10 Å². The molecular formula is C8H11BrF2O2. The first kappa shape index (κ1) is 10.9. The number of alkyl halides is 3. The molecule has 0 atom stereocenters. The second-order valence-corrected chi connectivity index (χ2v) is 4.16. The van der Waals surface area contributed by atoms with Crippen molar-refractivity contribution in [3.8, 4) is 0 Å². The van der Waals surface area contributed by atoms with Gasteiger partial charge in [-0.15, -0.1) is 0 Å². The van der Waals surface area contributed by atoms with Crippen LogP contribution in [0.1, 0.15) is 32.1 Å². The molecule has 0 unspecified atom stereocenters. The molecule has 1 aliphatic carbocycles. The Labute approximate surface area is 83.8 Å². The topological polar surface area (TPSA) is 26.3 Å². The Morgan fingerprint density at radius 1 is 1.31 bits per heavy atom. The molecule has 0 aliphatic heterocycles. The first-order valence-electron chi connectivity index (χ1n) is 4.28. The molecule has 76 valence electrons.